The summed E-state index contributed by atoms with van der Waals surface area (Å²) in [5, 5.41) is 5.73. The van der Waals surface area contributed by atoms with Gasteiger partial charge in [0, 0.05) is 16.7 Å². The van der Waals surface area contributed by atoms with Crippen LogP contribution >= 0.6 is 23.1 Å². The molecule has 0 radical (unpaired) electrons. The Hall–Kier alpha value is 0.01000. The zero-order valence-electron chi connectivity index (χ0n) is 9.17. The molecule has 0 bridgehead atoms. The highest BCUT2D eigenvalue weighted by Gasteiger charge is 2.12. The normalized spacial score (nSPS) is 13.1. The van der Waals surface area contributed by atoms with Crippen molar-refractivity contribution in [2.45, 2.75) is 26.8 Å². The van der Waals surface area contributed by atoms with Gasteiger partial charge in [0.25, 0.3) is 0 Å². The van der Waals surface area contributed by atoms with Crippen molar-refractivity contribution in [3.63, 3.8) is 0 Å². The number of hydrogen-bond acceptors (Lipinski definition) is 3. The van der Waals surface area contributed by atoms with Gasteiger partial charge in [-0.2, -0.15) is 11.8 Å². The molecule has 0 amide bonds. The first kappa shape index (κ1) is 12.1. The molecule has 0 aliphatic heterocycles. The summed E-state index contributed by atoms with van der Waals surface area (Å²) in [4.78, 5) is 1.45. The topological polar surface area (TPSA) is 12.0 Å². The average Bonchev–Trinajstić information content (AvgIpc) is 2.59. The van der Waals surface area contributed by atoms with Gasteiger partial charge < -0.3 is 5.32 Å². The molecule has 0 aliphatic carbocycles. The minimum absolute atomic E-state index is 0.538. The number of thioether (sulfide) groups is 1. The summed E-state index contributed by atoms with van der Waals surface area (Å²) in [7, 11) is 0. The van der Waals surface area contributed by atoms with E-state index in [1.807, 2.05) is 23.1 Å². The van der Waals surface area contributed by atoms with Gasteiger partial charge in [0.05, 0.1) is 0 Å². The fourth-order valence-electron chi connectivity index (χ4n) is 1.50. The van der Waals surface area contributed by atoms with Crippen LogP contribution in [0.15, 0.2) is 11.4 Å². The van der Waals surface area contributed by atoms with Crippen LogP contribution in [0.1, 0.15) is 30.3 Å². The van der Waals surface area contributed by atoms with E-state index in [2.05, 4.69) is 37.5 Å². The van der Waals surface area contributed by atoms with Gasteiger partial charge in [-0.3, -0.25) is 0 Å². The Morgan fingerprint density at radius 2 is 2.29 bits per heavy atom. The Kier molecular flexibility index (Phi) is 5.60. The maximum absolute atomic E-state index is 3.55. The molecule has 3 heteroatoms. The van der Waals surface area contributed by atoms with Crippen molar-refractivity contribution in [3.05, 3.63) is 21.9 Å². The van der Waals surface area contributed by atoms with E-state index in [9.17, 15) is 0 Å². The molecule has 0 saturated heterocycles. The highest BCUT2D eigenvalue weighted by Crippen LogP contribution is 2.25. The van der Waals surface area contributed by atoms with Crippen molar-refractivity contribution in [1.29, 1.82) is 0 Å². The third-order valence-electron chi connectivity index (χ3n) is 2.21. The van der Waals surface area contributed by atoms with Crippen LogP contribution in [0.3, 0.4) is 0 Å². The third kappa shape index (κ3) is 3.30. The Bertz CT molecular complexity index is 258. The maximum Gasteiger partial charge on any atom is 0.0422 e. The van der Waals surface area contributed by atoms with Gasteiger partial charge in [-0.1, -0.05) is 13.8 Å². The minimum atomic E-state index is 0.538. The largest absolute Gasteiger partial charge is 0.309 e. The average molecular weight is 229 g/mol. The standard InChI is InChI=1S/C11H19NS2/c1-4-12-11(8-13-5-2)10-6-7-14-9(10)3/h6-7,11-12H,4-5,8H2,1-3H3. The third-order valence-corrected chi connectivity index (χ3v) is 4.05. The maximum atomic E-state index is 3.55. The van der Waals surface area contributed by atoms with Crippen LogP contribution in [-0.4, -0.2) is 18.1 Å². The molecule has 1 N–H and O–H groups in total. The summed E-state index contributed by atoms with van der Waals surface area (Å²) in [6, 6.07) is 2.79. The molecule has 1 atom stereocenters. The molecule has 1 heterocycles. The summed E-state index contributed by atoms with van der Waals surface area (Å²) in [6.45, 7) is 7.64. The fraction of sp³-hybridized carbons (Fsp3) is 0.636. The van der Waals surface area contributed by atoms with Crippen LogP contribution in [0, 0.1) is 6.92 Å². The lowest BCUT2D eigenvalue weighted by atomic mass is 10.1. The van der Waals surface area contributed by atoms with E-state index in [-0.39, 0.29) is 0 Å². The van der Waals surface area contributed by atoms with Crippen LogP contribution in [0.4, 0.5) is 0 Å². The molecule has 0 spiro atoms. The smallest absolute Gasteiger partial charge is 0.0422 e. The molecule has 0 aliphatic rings. The summed E-state index contributed by atoms with van der Waals surface area (Å²) in [5.74, 6) is 2.38. The number of thiophene rings is 1. The Morgan fingerprint density at radius 3 is 2.79 bits per heavy atom. The van der Waals surface area contributed by atoms with E-state index in [0.29, 0.717) is 6.04 Å². The van der Waals surface area contributed by atoms with Gasteiger partial charge in [-0.05, 0) is 36.2 Å². The number of hydrogen-bond donors (Lipinski definition) is 1. The van der Waals surface area contributed by atoms with Gasteiger partial charge in [0.1, 0.15) is 0 Å². The number of rotatable bonds is 6. The molecule has 1 rings (SSSR count). The minimum Gasteiger partial charge on any atom is -0.309 e. The molecule has 1 nitrogen and oxygen atoms in total. The summed E-state index contributed by atoms with van der Waals surface area (Å²) >= 11 is 3.85. The van der Waals surface area contributed by atoms with E-state index < -0.39 is 0 Å². The lowest BCUT2D eigenvalue weighted by Gasteiger charge is -2.17. The first-order chi connectivity index (χ1) is 6.79. The van der Waals surface area contributed by atoms with E-state index in [0.717, 1.165) is 6.54 Å². The van der Waals surface area contributed by atoms with Gasteiger partial charge in [0.2, 0.25) is 0 Å². The number of nitrogens with one attached hydrogen (secondary N) is 1. The second-order valence-corrected chi connectivity index (χ2v) is 5.64. The molecule has 0 fully saturated rings. The molecule has 1 unspecified atom stereocenters. The van der Waals surface area contributed by atoms with E-state index in [1.54, 1.807) is 0 Å². The van der Waals surface area contributed by atoms with E-state index in [1.165, 1.54) is 21.9 Å². The molecule has 0 saturated carbocycles. The first-order valence-corrected chi connectivity index (χ1v) is 7.18. The molecular formula is C11H19NS2. The van der Waals surface area contributed by atoms with Crippen LogP contribution in [-0.2, 0) is 0 Å². The van der Waals surface area contributed by atoms with Crippen LogP contribution in [0.25, 0.3) is 0 Å². The summed E-state index contributed by atoms with van der Waals surface area (Å²) < 4.78 is 0. The van der Waals surface area contributed by atoms with Crippen LogP contribution in [0.5, 0.6) is 0 Å². The zero-order valence-corrected chi connectivity index (χ0v) is 10.8. The lowest BCUT2D eigenvalue weighted by Crippen LogP contribution is -2.23. The lowest BCUT2D eigenvalue weighted by molar-refractivity contribution is 0.605. The van der Waals surface area contributed by atoms with Gasteiger partial charge in [-0.25, -0.2) is 0 Å². The molecule has 1 aromatic heterocycles. The van der Waals surface area contributed by atoms with Gasteiger partial charge >= 0.3 is 0 Å². The van der Waals surface area contributed by atoms with Gasteiger partial charge in [0.15, 0.2) is 0 Å². The summed E-state index contributed by atoms with van der Waals surface area (Å²) in [6.07, 6.45) is 0. The van der Waals surface area contributed by atoms with Crippen molar-refractivity contribution in [1.82, 2.24) is 5.32 Å². The Labute approximate surface area is 95.3 Å². The quantitative estimate of drug-likeness (QED) is 0.802. The highest BCUT2D eigenvalue weighted by molar-refractivity contribution is 7.99. The van der Waals surface area contributed by atoms with Crippen molar-refractivity contribution in [3.8, 4) is 0 Å². The molecule has 14 heavy (non-hydrogen) atoms. The van der Waals surface area contributed by atoms with Crippen molar-refractivity contribution in [2.24, 2.45) is 0 Å². The first-order valence-electron chi connectivity index (χ1n) is 5.14. The zero-order chi connectivity index (χ0) is 10.4. The van der Waals surface area contributed by atoms with Crippen molar-refractivity contribution >= 4 is 23.1 Å². The molecule has 1 aromatic rings. The second-order valence-electron chi connectivity index (χ2n) is 3.20. The second kappa shape index (κ2) is 6.49. The molecule has 80 valence electrons. The predicted octanol–water partition coefficient (Wildman–Crippen LogP) is 3.46. The van der Waals surface area contributed by atoms with Crippen molar-refractivity contribution in [2.75, 3.05) is 18.1 Å². The van der Waals surface area contributed by atoms with E-state index >= 15 is 0 Å². The van der Waals surface area contributed by atoms with E-state index in [4.69, 9.17) is 0 Å². The summed E-state index contributed by atoms with van der Waals surface area (Å²) in [5.41, 5.74) is 1.48. The SMILES string of the molecule is CCNC(CSCC)c1ccsc1C. The highest BCUT2D eigenvalue weighted by atomic mass is 32.2. The predicted molar refractivity (Wildman–Crippen MR) is 68.5 cm³/mol. The van der Waals surface area contributed by atoms with Crippen LogP contribution < -0.4 is 5.32 Å². The molecular weight excluding hydrogens is 210 g/mol. The number of aryl methyl sites for hydroxylation is 1. The van der Waals surface area contributed by atoms with Crippen molar-refractivity contribution < 1.29 is 0 Å². The Balaban J connectivity index is 2.62. The Morgan fingerprint density at radius 1 is 1.50 bits per heavy atom. The monoisotopic (exact) mass is 229 g/mol. The fourth-order valence-corrected chi connectivity index (χ4v) is 3.03. The molecule has 0 aromatic carbocycles. The van der Waals surface area contributed by atoms with Gasteiger partial charge in [-0.15, -0.1) is 11.3 Å². The van der Waals surface area contributed by atoms with Crippen LogP contribution in [0.2, 0.25) is 0 Å².